The monoisotopic (exact) mass is 330 g/mol. The predicted octanol–water partition coefficient (Wildman–Crippen LogP) is 2.56. The van der Waals surface area contributed by atoms with Crippen molar-refractivity contribution in [3.8, 4) is 5.75 Å². The van der Waals surface area contributed by atoms with Gasteiger partial charge in [-0.25, -0.2) is 4.98 Å². The summed E-state index contributed by atoms with van der Waals surface area (Å²) in [5, 5.41) is 6.08. The van der Waals surface area contributed by atoms with Crippen LogP contribution in [0.4, 0.5) is 23.1 Å². The lowest BCUT2D eigenvalue weighted by Crippen LogP contribution is -2.27. The number of anilines is 4. The van der Waals surface area contributed by atoms with Gasteiger partial charge in [0.1, 0.15) is 12.4 Å². The van der Waals surface area contributed by atoms with Crippen molar-refractivity contribution in [1.82, 2.24) is 14.9 Å². The maximum absolute atomic E-state index is 5.77. The Labute approximate surface area is 143 Å². The Balaban J connectivity index is 1.90. The smallest absolute Gasteiger partial charge is 0.229 e. The van der Waals surface area contributed by atoms with Gasteiger partial charge in [0.05, 0.1) is 11.9 Å². The number of nitrogens with one attached hydrogen (secondary N) is 2. The van der Waals surface area contributed by atoms with Gasteiger partial charge in [-0.05, 0) is 37.4 Å². The molecule has 0 fully saturated rings. The van der Waals surface area contributed by atoms with Gasteiger partial charge in [0.15, 0.2) is 5.82 Å². The Morgan fingerprint density at radius 2 is 1.88 bits per heavy atom. The molecule has 7 nitrogen and oxygen atoms in total. The summed E-state index contributed by atoms with van der Waals surface area (Å²) in [6.45, 7) is 8.00. The van der Waals surface area contributed by atoms with Crippen LogP contribution in [-0.4, -0.2) is 48.2 Å². The predicted molar refractivity (Wildman–Crippen MR) is 99.0 cm³/mol. The van der Waals surface area contributed by atoms with E-state index in [1.807, 2.05) is 24.3 Å². The van der Waals surface area contributed by atoms with E-state index >= 15 is 0 Å². The van der Waals surface area contributed by atoms with Crippen molar-refractivity contribution < 1.29 is 4.74 Å². The molecule has 0 aliphatic rings. The number of nitrogens with two attached hydrogens (primary N) is 1. The van der Waals surface area contributed by atoms with Gasteiger partial charge in [0.25, 0.3) is 0 Å². The quantitative estimate of drug-likeness (QED) is 0.651. The van der Waals surface area contributed by atoms with E-state index in [1.165, 1.54) is 0 Å². The summed E-state index contributed by atoms with van der Waals surface area (Å²) in [5.74, 6) is 1.94. The molecule has 1 aromatic carbocycles. The first-order valence-corrected chi connectivity index (χ1v) is 8.18. The van der Waals surface area contributed by atoms with Gasteiger partial charge in [-0.15, -0.1) is 0 Å². The molecule has 0 bridgehead atoms. The maximum atomic E-state index is 5.77. The van der Waals surface area contributed by atoms with Crippen LogP contribution in [0.2, 0.25) is 0 Å². The molecule has 1 aromatic heterocycles. The molecule has 0 atom stereocenters. The molecule has 0 radical (unpaired) electrons. The zero-order valence-corrected chi connectivity index (χ0v) is 14.5. The van der Waals surface area contributed by atoms with E-state index in [0.717, 1.165) is 31.1 Å². The van der Waals surface area contributed by atoms with Crippen LogP contribution in [0.25, 0.3) is 0 Å². The average Bonchev–Trinajstić information content (AvgIpc) is 2.62. The number of hydrogen-bond donors (Lipinski definition) is 3. The Bertz CT molecular complexity index is 627. The minimum atomic E-state index is 0.490. The molecule has 0 aliphatic heterocycles. The summed E-state index contributed by atoms with van der Waals surface area (Å²) in [6.07, 6.45) is 1.58. The zero-order chi connectivity index (χ0) is 17.4. The molecular formula is C17H26N6O. The second kappa shape index (κ2) is 8.93. The summed E-state index contributed by atoms with van der Waals surface area (Å²) in [6, 6.07) is 7.73. The number of rotatable bonds is 9. The van der Waals surface area contributed by atoms with Gasteiger partial charge in [0, 0.05) is 19.3 Å². The van der Waals surface area contributed by atoms with Crippen molar-refractivity contribution in [2.24, 2.45) is 0 Å². The summed E-state index contributed by atoms with van der Waals surface area (Å²) in [4.78, 5) is 10.8. The number of ether oxygens (including phenoxy) is 1. The lowest BCUT2D eigenvalue weighted by Gasteiger charge is -2.18. The van der Waals surface area contributed by atoms with Crippen LogP contribution >= 0.6 is 0 Å². The fourth-order valence-corrected chi connectivity index (χ4v) is 2.25. The molecule has 4 N–H and O–H groups in total. The highest BCUT2D eigenvalue weighted by molar-refractivity contribution is 5.63. The van der Waals surface area contributed by atoms with Gasteiger partial charge in [-0.1, -0.05) is 13.8 Å². The van der Waals surface area contributed by atoms with Crippen LogP contribution in [-0.2, 0) is 0 Å². The van der Waals surface area contributed by atoms with Gasteiger partial charge < -0.3 is 26.0 Å². The topological polar surface area (TPSA) is 88.3 Å². The Kier molecular flexibility index (Phi) is 6.62. The van der Waals surface area contributed by atoms with Crippen LogP contribution in [0.3, 0.4) is 0 Å². The second-order valence-corrected chi connectivity index (χ2v) is 5.27. The first-order valence-electron chi connectivity index (χ1n) is 8.18. The molecule has 0 amide bonds. The number of nitrogen functional groups attached to an aromatic ring is 1. The molecule has 2 aromatic rings. The fourth-order valence-electron chi connectivity index (χ4n) is 2.25. The number of likely N-dealkylation sites (N-methyl/N-ethyl adjacent to an activating group) is 1. The number of benzene rings is 1. The molecule has 0 aliphatic carbocycles. The van der Waals surface area contributed by atoms with Gasteiger partial charge >= 0.3 is 0 Å². The molecule has 0 saturated heterocycles. The summed E-state index contributed by atoms with van der Waals surface area (Å²) < 4.78 is 5.77. The highest BCUT2D eigenvalue weighted by Gasteiger charge is 2.04. The van der Waals surface area contributed by atoms with E-state index in [4.69, 9.17) is 10.5 Å². The number of nitrogens with zero attached hydrogens (tertiary/aromatic N) is 3. The molecule has 0 spiro atoms. The summed E-state index contributed by atoms with van der Waals surface area (Å²) >= 11 is 0. The summed E-state index contributed by atoms with van der Waals surface area (Å²) in [5.41, 5.74) is 7.17. The third-order valence-corrected chi connectivity index (χ3v) is 3.73. The molecule has 7 heteroatoms. The van der Waals surface area contributed by atoms with E-state index < -0.39 is 0 Å². The van der Waals surface area contributed by atoms with Gasteiger partial charge in [-0.3, -0.25) is 0 Å². The molecular weight excluding hydrogens is 304 g/mol. The Hall–Kier alpha value is -2.54. The van der Waals surface area contributed by atoms with Crippen LogP contribution in [0.5, 0.6) is 5.75 Å². The van der Waals surface area contributed by atoms with Crippen molar-refractivity contribution in [3.05, 3.63) is 30.5 Å². The minimum Gasteiger partial charge on any atom is -0.492 e. The largest absolute Gasteiger partial charge is 0.492 e. The first kappa shape index (κ1) is 17.8. The molecule has 130 valence electrons. The lowest BCUT2D eigenvalue weighted by molar-refractivity contribution is 0.223. The third-order valence-electron chi connectivity index (χ3n) is 3.73. The molecule has 0 unspecified atom stereocenters. The van der Waals surface area contributed by atoms with Crippen molar-refractivity contribution in [1.29, 1.82) is 0 Å². The van der Waals surface area contributed by atoms with Gasteiger partial charge in [-0.2, -0.15) is 4.98 Å². The maximum Gasteiger partial charge on any atom is 0.229 e. The first-order chi connectivity index (χ1) is 11.7. The molecule has 2 rings (SSSR count). The van der Waals surface area contributed by atoms with Crippen molar-refractivity contribution >= 4 is 23.1 Å². The Morgan fingerprint density at radius 1 is 1.17 bits per heavy atom. The van der Waals surface area contributed by atoms with E-state index in [9.17, 15) is 0 Å². The highest BCUT2D eigenvalue weighted by Crippen LogP contribution is 2.20. The molecule has 0 saturated carbocycles. The zero-order valence-electron chi connectivity index (χ0n) is 14.5. The normalized spacial score (nSPS) is 10.7. The van der Waals surface area contributed by atoms with E-state index in [1.54, 1.807) is 13.2 Å². The van der Waals surface area contributed by atoms with Crippen molar-refractivity contribution in [2.75, 3.05) is 49.7 Å². The molecule has 24 heavy (non-hydrogen) atoms. The van der Waals surface area contributed by atoms with Crippen molar-refractivity contribution in [3.63, 3.8) is 0 Å². The summed E-state index contributed by atoms with van der Waals surface area (Å²) in [7, 11) is 1.77. The molecule has 1 heterocycles. The fraction of sp³-hybridized carbons (Fsp3) is 0.412. The van der Waals surface area contributed by atoms with Crippen LogP contribution in [0, 0.1) is 0 Å². The minimum absolute atomic E-state index is 0.490. The van der Waals surface area contributed by atoms with E-state index in [0.29, 0.717) is 24.1 Å². The highest BCUT2D eigenvalue weighted by atomic mass is 16.5. The van der Waals surface area contributed by atoms with Crippen LogP contribution in [0.15, 0.2) is 30.5 Å². The third kappa shape index (κ3) is 4.99. The van der Waals surface area contributed by atoms with Crippen LogP contribution in [0.1, 0.15) is 13.8 Å². The number of aromatic nitrogens is 2. The second-order valence-electron chi connectivity index (χ2n) is 5.27. The van der Waals surface area contributed by atoms with Crippen LogP contribution < -0.4 is 21.1 Å². The lowest BCUT2D eigenvalue weighted by atomic mass is 10.3. The number of hydrogen-bond acceptors (Lipinski definition) is 7. The average molecular weight is 330 g/mol. The Morgan fingerprint density at radius 3 is 2.50 bits per heavy atom. The van der Waals surface area contributed by atoms with Gasteiger partial charge in [0.2, 0.25) is 5.95 Å². The van der Waals surface area contributed by atoms with E-state index in [2.05, 4.69) is 39.3 Å². The van der Waals surface area contributed by atoms with Crippen molar-refractivity contribution in [2.45, 2.75) is 13.8 Å². The van der Waals surface area contributed by atoms with E-state index in [-0.39, 0.29) is 0 Å². The standard InChI is InChI=1S/C17H26N6O/c1-4-23(5-2)10-11-24-14-8-6-13(7-9-14)21-17-20-12-15(18)16(19-3)22-17/h6-9,12H,4-5,10-11,18H2,1-3H3,(H2,19,20,21,22). The SMILES string of the molecule is CCN(CC)CCOc1ccc(Nc2ncc(N)c(NC)n2)cc1.